The van der Waals surface area contributed by atoms with Gasteiger partial charge in [-0.25, -0.2) is 4.79 Å². The quantitative estimate of drug-likeness (QED) is 0.340. The SMILES string of the molecule is CCOC(=O)/C(C(C)=O)=C(/Nc1cc(Cl)ccc1Br)SC. The lowest BCUT2D eigenvalue weighted by molar-refractivity contribution is -0.139. The van der Waals surface area contributed by atoms with Gasteiger partial charge in [-0.2, -0.15) is 0 Å². The van der Waals surface area contributed by atoms with Crippen LogP contribution in [-0.2, 0) is 14.3 Å². The highest BCUT2D eigenvalue weighted by Gasteiger charge is 2.21. The maximum atomic E-state index is 11.9. The molecular formula is C14H15BrClNO3S. The van der Waals surface area contributed by atoms with Crippen molar-refractivity contribution in [2.45, 2.75) is 13.8 Å². The van der Waals surface area contributed by atoms with Gasteiger partial charge in [-0.3, -0.25) is 4.79 Å². The molecule has 0 aliphatic carbocycles. The van der Waals surface area contributed by atoms with E-state index in [0.717, 1.165) is 4.47 Å². The van der Waals surface area contributed by atoms with Gasteiger partial charge in [0.25, 0.3) is 0 Å². The second-order valence-corrected chi connectivity index (χ2v) is 6.04. The smallest absolute Gasteiger partial charge is 0.344 e. The van der Waals surface area contributed by atoms with E-state index in [9.17, 15) is 9.59 Å². The van der Waals surface area contributed by atoms with Crippen LogP contribution in [0.2, 0.25) is 5.02 Å². The van der Waals surface area contributed by atoms with Crippen LogP contribution in [0.1, 0.15) is 13.8 Å². The largest absolute Gasteiger partial charge is 0.462 e. The van der Waals surface area contributed by atoms with Crippen molar-refractivity contribution < 1.29 is 14.3 Å². The van der Waals surface area contributed by atoms with Crippen molar-refractivity contribution in [2.24, 2.45) is 0 Å². The Hall–Kier alpha value is -0.980. The zero-order valence-corrected chi connectivity index (χ0v) is 15.0. The van der Waals surface area contributed by atoms with E-state index in [2.05, 4.69) is 21.2 Å². The van der Waals surface area contributed by atoms with Crippen LogP contribution in [0.5, 0.6) is 0 Å². The lowest BCUT2D eigenvalue weighted by atomic mass is 10.2. The highest BCUT2D eigenvalue weighted by atomic mass is 79.9. The van der Waals surface area contributed by atoms with Gasteiger partial charge in [0.2, 0.25) is 0 Å². The normalized spacial score (nSPS) is 11.7. The van der Waals surface area contributed by atoms with Crippen LogP contribution < -0.4 is 5.32 Å². The number of esters is 1. The van der Waals surface area contributed by atoms with Gasteiger partial charge >= 0.3 is 5.97 Å². The first kappa shape index (κ1) is 18.1. The molecule has 114 valence electrons. The minimum absolute atomic E-state index is 0.00349. The fourth-order valence-corrected chi connectivity index (χ4v) is 2.69. The summed E-state index contributed by atoms with van der Waals surface area (Å²) in [6.45, 7) is 3.23. The fourth-order valence-electron chi connectivity index (χ4n) is 1.53. The summed E-state index contributed by atoms with van der Waals surface area (Å²) in [6.07, 6.45) is 1.77. The Balaban J connectivity index is 3.24. The van der Waals surface area contributed by atoms with Gasteiger partial charge in [0.05, 0.1) is 17.3 Å². The molecule has 1 aromatic carbocycles. The molecular weight excluding hydrogens is 378 g/mol. The van der Waals surface area contributed by atoms with Gasteiger partial charge < -0.3 is 10.1 Å². The molecule has 0 unspecified atom stereocenters. The minimum Gasteiger partial charge on any atom is -0.462 e. The van der Waals surface area contributed by atoms with E-state index in [4.69, 9.17) is 16.3 Å². The van der Waals surface area contributed by atoms with Crippen LogP contribution in [-0.4, -0.2) is 24.6 Å². The van der Waals surface area contributed by atoms with E-state index in [1.54, 1.807) is 31.4 Å². The predicted octanol–water partition coefficient (Wildman–Crippen LogP) is 4.24. The predicted molar refractivity (Wildman–Crippen MR) is 90.6 cm³/mol. The molecule has 0 fully saturated rings. The molecule has 1 aromatic rings. The summed E-state index contributed by atoms with van der Waals surface area (Å²) in [7, 11) is 0. The summed E-state index contributed by atoms with van der Waals surface area (Å²) in [6, 6.07) is 5.21. The standard InChI is InChI=1S/C14H15BrClNO3S/c1-4-20-14(19)12(8(2)18)13(21-3)17-11-7-9(16)5-6-10(11)15/h5-7,17H,4H2,1-3H3/b13-12-. The van der Waals surface area contributed by atoms with Crippen molar-refractivity contribution in [2.75, 3.05) is 18.2 Å². The second kappa shape index (κ2) is 8.46. The molecule has 0 spiro atoms. The topological polar surface area (TPSA) is 55.4 Å². The Kier molecular flexibility index (Phi) is 7.28. The molecule has 1 N–H and O–H groups in total. The molecule has 0 aliphatic heterocycles. The Labute approximate surface area is 141 Å². The number of ketones is 1. The number of nitrogens with one attached hydrogen (secondary N) is 1. The first-order valence-electron chi connectivity index (χ1n) is 6.09. The second-order valence-electron chi connectivity index (χ2n) is 3.93. The molecule has 0 amide bonds. The van der Waals surface area contributed by atoms with Gasteiger partial charge in [0.1, 0.15) is 5.57 Å². The fraction of sp³-hybridized carbons (Fsp3) is 0.286. The lowest BCUT2D eigenvalue weighted by Crippen LogP contribution is -2.18. The molecule has 0 atom stereocenters. The Bertz CT molecular complexity index is 590. The number of rotatable bonds is 6. The highest BCUT2D eigenvalue weighted by Crippen LogP contribution is 2.30. The average Bonchev–Trinajstić information content (AvgIpc) is 2.41. The van der Waals surface area contributed by atoms with E-state index in [0.29, 0.717) is 15.7 Å². The molecule has 0 heterocycles. The molecule has 4 nitrogen and oxygen atoms in total. The van der Waals surface area contributed by atoms with Crippen LogP contribution in [0.15, 0.2) is 33.3 Å². The number of hydrogen-bond acceptors (Lipinski definition) is 5. The van der Waals surface area contributed by atoms with Crippen molar-refractivity contribution in [3.8, 4) is 0 Å². The van der Waals surface area contributed by atoms with Gasteiger partial charge in [0.15, 0.2) is 5.78 Å². The van der Waals surface area contributed by atoms with E-state index in [-0.39, 0.29) is 18.0 Å². The van der Waals surface area contributed by atoms with E-state index in [1.165, 1.54) is 18.7 Å². The molecule has 0 aromatic heterocycles. The van der Waals surface area contributed by atoms with Gasteiger partial charge in [-0.15, -0.1) is 11.8 Å². The van der Waals surface area contributed by atoms with Crippen LogP contribution in [0.4, 0.5) is 5.69 Å². The first-order chi connectivity index (χ1) is 9.90. The van der Waals surface area contributed by atoms with Gasteiger partial charge in [-0.1, -0.05) is 11.6 Å². The van der Waals surface area contributed by atoms with Crippen molar-refractivity contribution >= 4 is 56.7 Å². The molecule has 0 aliphatic rings. The number of Topliss-reactive ketones (excluding diaryl/α,β-unsaturated/α-hetero) is 1. The van der Waals surface area contributed by atoms with Crippen molar-refractivity contribution in [3.05, 3.63) is 38.3 Å². The van der Waals surface area contributed by atoms with Gasteiger partial charge in [0, 0.05) is 9.50 Å². The van der Waals surface area contributed by atoms with Crippen molar-refractivity contribution in [3.63, 3.8) is 0 Å². The van der Waals surface area contributed by atoms with Crippen LogP contribution >= 0.6 is 39.3 Å². The third-order valence-corrected chi connectivity index (χ3v) is 4.08. The molecule has 0 saturated carbocycles. The van der Waals surface area contributed by atoms with Crippen LogP contribution in [0, 0.1) is 0 Å². The Morgan fingerprint density at radius 2 is 2.10 bits per heavy atom. The zero-order valence-electron chi connectivity index (χ0n) is 11.8. The number of hydrogen-bond donors (Lipinski definition) is 1. The summed E-state index contributed by atoms with van der Waals surface area (Å²) >= 11 is 10.6. The highest BCUT2D eigenvalue weighted by molar-refractivity contribution is 9.10. The maximum Gasteiger partial charge on any atom is 0.344 e. The van der Waals surface area contributed by atoms with Crippen LogP contribution in [0.3, 0.4) is 0 Å². The lowest BCUT2D eigenvalue weighted by Gasteiger charge is -2.14. The third-order valence-electron chi connectivity index (χ3n) is 2.44. The number of thioether (sulfide) groups is 1. The summed E-state index contributed by atoms with van der Waals surface area (Å²) in [5, 5.41) is 4.01. The molecule has 1 rings (SSSR count). The molecule has 0 saturated heterocycles. The number of ether oxygens (including phenoxy) is 1. The number of halogens is 2. The summed E-state index contributed by atoms with van der Waals surface area (Å²) in [5.74, 6) is -0.997. The van der Waals surface area contributed by atoms with Crippen LogP contribution in [0.25, 0.3) is 0 Å². The minimum atomic E-state index is -0.639. The number of carbonyl (C=O) groups excluding carboxylic acids is 2. The maximum absolute atomic E-state index is 11.9. The summed E-state index contributed by atoms with van der Waals surface area (Å²) < 4.78 is 5.70. The number of benzene rings is 1. The summed E-state index contributed by atoms with van der Waals surface area (Å²) in [4.78, 5) is 23.7. The van der Waals surface area contributed by atoms with Gasteiger partial charge in [-0.05, 0) is 54.2 Å². The van der Waals surface area contributed by atoms with E-state index >= 15 is 0 Å². The summed E-state index contributed by atoms with van der Waals surface area (Å²) in [5.41, 5.74) is 0.658. The average molecular weight is 393 g/mol. The molecule has 21 heavy (non-hydrogen) atoms. The van der Waals surface area contributed by atoms with E-state index in [1.807, 2.05) is 0 Å². The number of carbonyl (C=O) groups is 2. The van der Waals surface area contributed by atoms with Crippen molar-refractivity contribution in [1.29, 1.82) is 0 Å². The molecule has 0 bridgehead atoms. The molecule has 0 radical (unpaired) electrons. The Morgan fingerprint density at radius 3 is 2.62 bits per heavy atom. The zero-order chi connectivity index (χ0) is 16.0. The monoisotopic (exact) mass is 391 g/mol. The van der Waals surface area contributed by atoms with E-state index < -0.39 is 5.97 Å². The third kappa shape index (κ3) is 5.05. The van der Waals surface area contributed by atoms with Crippen molar-refractivity contribution in [1.82, 2.24) is 0 Å². The Morgan fingerprint density at radius 1 is 1.43 bits per heavy atom. The molecule has 7 heteroatoms. The number of anilines is 1. The first-order valence-corrected chi connectivity index (χ1v) is 8.48.